The van der Waals surface area contributed by atoms with Gasteiger partial charge in [-0.15, -0.1) is 0 Å². The van der Waals surface area contributed by atoms with Gasteiger partial charge < -0.3 is 5.32 Å². The van der Waals surface area contributed by atoms with Crippen molar-refractivity contribution in [3.8, 4) is 0 Å². The molecule has 1 fully saturated rings. The minimum absolute atomic E-state index is 0.0598. The van der Waals surface area contributed by atoms with E-state index in [2.05, 4.69) is 12.2 Å². The maximum absolute atomic E-state index is 13.9. The maximum Gasteiger partial charge on any atom is 0.194 e. The van der Waals surface area contributed by atoms with Gasteiger partial charge in [0.25, 0.3) is 0 Å². The summed E-state index contributed by atoms with van der Waals surface area (Å²) in [6.45, 7) is 2.94. The Labute approximate surface area is 112 Å². The van der Waals surface area contributed by atoms with Crippen molar-refractivity contribution in [1.29, 1.82) is 0 Å². The van der Waals surface area contributed by atoms with Crippen LogP contribution in [0, 0.1) is 17.5 Å². The molecule has 1 aliphatic carbocycles. The van der Waals surface area contributed by atoms with Gasteiger partial charge in [0.2, 0.25) is 0 Å². The quantitative estimate of drug-likeness (QED) is 0.812. The molecule has 0 radical (unpaired) electrons. The molecule has 1 saturated carbocycles. The summed E-state index contributed by atoms with van der Waals surface area (Å²) in [5, 5.41) is 3.40. The van der Waals surface area contributed by atoms with E-state index < -0.39 is 17.5 Å². The molecule has 4 heteroatoms. The molecule has 0 saturated heterocycles. The Morgan fingerprint density at radius 1 is 1.11 bits per heavy atom. The molecule has 0 heterocycles. The van der Waals surface area contributed by atoms with Crippen molar-refractivity contribution in [2.24, 2.45) is 0 Å². The summed E-state index contributed by atoms with van der Waals surface area (Å²) >= 11 is 0. The lowest BCUT2D eigenvalue weighted by Crippen LogP contribution is -2.38. The van der Waals surface area contributed by atoms with Crippen LogP contribution in [0.15, 0.2) is 12.1 Å². The lowest BCUT2D eigenvalue weighted by atomic mass is 9.79. The Kier molecular flexibility index (Phi) is 4.86. The predicted molar refractivity (Wildman–Crippen MR) is 69.6 cm³/mol. The molecular weight excluding hydrogens is 251 g/mol. The first kappa shape index (κ1) is 14.4. The summed E-state index contributed by atoms with van der Waals surface area (Å²) in [6, 6.07) is 2.58. The molecule has 1 aromatic carbocycles. The zero-order valence-corrected chi connectivity index (χ0v) is 11.2. The predicted octanol–water partition coefficient (Wildman–Crippen LogP) is 4.13. The second kappa shape index (κ2) is 6.42. The maximum atomic E-state index is 13.9. The normalized spacial score (nSPS) is 23.6. The minimum atomic E-state index is -1.35. The molecule has 106 valence electrons. The van der Waals surface area contributed by atoms with E-state index in [1.165, 1.54) is 6.07 Å². The molecule has 1 aromatic rings. The SMILES string of the molecule is CCCNC1CCCCC1c1ccc(F)c(F)c1F. The van der Waals surface area contributed by atoms with Crippen molar-refractivity contribution in [1.82, 2.24) is 5.32 Å². The van der Waals surface area contributed by atoms with E-state index in [-0.39, 0.29) is 12.0 Å². The van der Waals surface area contributed by atoms with Gasteiger partial charge in [-0.05, 0) is 37.4 Å². The molecule has 1 nitrogen and oxygen atoms in total. The lowest BCUT2D eigenvalue weighted by molar-refractivity contribution is 0.317. The molecule has 0 amide bonds. The van der Waals surface area contributed by atoms with Gasteiger partial charge in [0.15, 0.2) is 17.5 Å². The third kappa shape index (κ3) is 3.11. The third-order valence-corrected chi connectivity index (χ3v) is 3.89. The highest BCUT2D eigenvalue weighted by Crippen LogP contribution is 2.35. The van der Waals surface area contributed by atoms with Crippen molar-refractivity contribution in [2.45, 2.75) is 51.0 Å². The average Bonchev–Trinajstić information content (AvgIpc) is 2.43. The second-order valence-corrected chi connectivity index (χ2v) is 5.22. The molecule has 1 N–H and O–H groups in total. The Morgan fingerprint density at radius 2 is 1.84 bits per heavy atom. The summed E-state index contributed by atoms with van der Waals surface area (Å²) in [5.74, 6) is -3.54. The highest BCUT2D eigenvalue weighted by atomic mass is 19.2. The first-order valence-electron chi connectivity index (χ1n) is 7.02. The molecule has 2 unspecified atom stereocenters. The fourth-order valence-electron chi connectivity index (χ4n) is 2.90. The van der Waals surface area contributed by atoms with Gasteiger partial charge in [-0.1, -0.05) is 25.8 Å². The van der Waals surface area contributed by atoms with Gasteiger partial charge in [0, 0.05) is 12.0 Å². The van der Waals surface area contributed by atoms with Gasteiger partial charge >= 0.3 is 0 Å². The summed E-state index contributed by atoms with van der Waals surface area (Å²) < 4.78 is 40.3. The van der Waals surface area contributed by atoms with Crippen LogP contribution in [0.1, 0.15) is 50.5 Å². The lowest BCUT2D eigenvalue weighted by Gasteiger charge is -2.33. The first-order valence-corrected chi connectivity index (χ1v) is 7.02. The Morgan fingerprint density at radius 3 is 2.58 bits per heavy atom. The van der Waals surface area contributed by atoms with Crippen molar-refractivity contribution in [3.63, 3.8) is 0 Å². The summed E-state index contributed by atoms with van der Waals surface area (Å²) in [4.78, 5) is 0. The highest BCUT2D eigenvalue weighted by Gasteiger charge is 2.29. The topological polar surface area (TPSA) is 12.0 Å². The zero-order chi connectivity index (χ0) is 13.8. The van der Waals surface area contributed by atoms with E-state index in [0.717, 1.165) is 44.7 Å². The van der Waals surface area contributed by atoms with Crippen LogP contribution in [0.5, 0.6) is 0 Å². The van der Waals surface area contributed by atoms with Crippen LogP contribution in [0.3, 0.4) is 0 Å². The second-order valence-electron chi connectivity index (χ2n) is 5.22. The van der Waals surface area contributed by atoms with Gasteiger partial charge in [-0.2, -0.15) is 0 Å². The fourth-order valence-corrected chi connectivity index (χ4v) is 2.90. The standard InChI is InChI=1S/C15H20F3N/c1-2-9-19-13-6-4-3-5-10(13)11-7-8-12(16)15(18)14(11)17/h7-8,10,13,19H,2-6,9H2,1H3. The fraction of sp³-hybridized carbons (Fsp3) is 0.600. The van der Waals surface area contributed by atoms with Gasteiger partial charge in [-0.25, -0.2) is 13.2 Å². The average molecular weight is 271 g/mol. The number of hydrogen-bond donors (Lipinski definition) is 1. The molecule has 0 bridgehead atoms. The molecule has 19 heavy (non-hydrogen) atoms. The molecule has 0 spiro atoms. The molecular formula is C15H20F3N. The van der Waals surface area contributed by atoms with E-state index in [4.69, 9.17) is 0 Å². The summed E-state index contributed by atoms with van der Waals surface area (Å²) in [7, 11) is 0. The smallest absolute Gasteiger partial charge is 0.194 e. The molecule has 2 atom stereocenters. The number of rotatable bonds is 4. The van der Waals surface area contributed by atoms with Crippen molar-refractivity contribution >= 4 is 0 Å². The number of hydrogen-bond acceptors (Lipinski definition) is 1. The molecule has 0 aromatic heterocycles. The largest absolute Gasteiger partial charge is 0.313 e. The van der Waals surface area contributed by atoms with Crippen LogP contribution < -0.4 is 5.32 Å². The van der Waals surface area contributed by atoms with Gasteiger partial charge in [-0.3, -0.25) is 0 Å². The van der Waals surface area contributed by atoms with E-state index in [1.54, 1.807) is 0 Å². The van der Waals surface area contributed by atoms with Crippen molar-refractivity contribution < 1.29 is 13.2 Å². The van der Waals surface area contributed by atoms with Gasteiger partial charge in [0.1, 0.15) is 0 Å². The number of nitrogens with one attached hydrogen (secondary N) is 1. The monoisotopic (exact) mass is 271 g/mol. The van der Waals surface area contributed by atoms with E-state index in [1.807, 2.05) is 0 Å². The molecule has 2 rings (SSSR count). The number of halogens is 3. The van der Waals surface area contributed by atoms with Crippen LogP contribution in [0.4, 0.5) is 13.2 Å². The van der Waals surface area contributed by atoms with Crippen LogP contribution in [-0.2, 0) is 0 Å². The minimum Gasteiger partial charge on any atom is -0.313 e. The van der Waals surface area contributed by atoms with Crippen LogP contribution >= 0.6 is 0 Å². The third-order valence-electron chi connectivity index (χ3n) is 3.89. The molecule has 0 aliphatic heterocycles. The number of benzene rings is 1. The summed E-state index contributed by atoms with van der Waals surface area (Å²) in [5.41, 5.74) is 0.312. The van der Waals surface area contributed by atoms with E-state index >= 15 is 0 Å². The zero-order valence-electron chi connectivity index (χ0n) is 11.2. The Bertz CT molecular complexity index is 434. The van der Waals surface area contributed by atoms with E-state index in [0.29, 0.717) is 5.56 Å². The van der Waals surface area contributed by atoms with E-state index in [9.17, 15) is 13.2 Å². The Hall–Kier alpha value is -1.03. The Balaban J connectivity index is 2.24. The van der Waals surface area contributed by atoms with Crippen LogP contribution in [0.2, 0.25) is 0 Å². The summed E-state index contributed by atoms with van der Waals surface area (Å²) in [6.07, 6.45) is 4.90. The van der Waals surface area contributed by atoms with Crippen LogP contribution in [0.25, 0.3) is 0 Å². The molecule has 1 aliphatic rings. The van der Waals surface area contributed by atoms with Gasteiger partial charge in [0.05, 0.1) is 0 Å². The van der Waals surface area contributed by atoms with Crippen LogP contribution in [-0.4, -0.2) is 12.6 Å². The van der Waals surface area contributed by atoms with Crippen molar-refractivity contribution in [3.05, 3.63) is 35.1 Å². The van der Waals surface area contributed by atoms with Crippen molar-refractivity contribution in [2.75, 3.05) is 6.54 Å². The first-order chi connectivity index (χ1) is 9.15. The highest BCUT2D eigenvalue weighted by molar-refractivity contribution is 5.26.